The van der Waals surface area contributed by atoms with Crippen LogP contribution in [-0.2, 0) is 6.54 Å². The lowest BCUT2D eigenvalue weighted by Crippen LogP contribution is -2.14. The van der Waals surface area contributed by atoms with Crippen LogP contribution in [0.25, 0.3) is 22.9 Å². The van der Waals surface area contributed by atoms with Gasteiger partial charge < -0.3 is 19.6 Å². The third kappa shape index (κ3) is 7.62. The molecule has 0 spiro atoms. The zero-order valence-corrected chi connectivity index (χ0v) is 19.0. The number of nitrogens with zero attached hydrogens (tertiary/aromatic N) is 2. The lowest BCUT2D eigenvalue weighted by Gasteiger charge is -2.05. The fraction of sp³-hybridized carbons (Fsp3) is 0.385. The predicted octanol–water partition coefficient (Wildman–Crippen LogP) is 5.39. The summed E-state index contributed by atoms with van der Waals surface area (Å²) >= 11 is 0. The van der Waals surface area contributed by atoms with E-state index in [0.717, 1.165) is 55.6 Å². The molecule has 0 aliphatic carbocycles. The molecular formula is C26H33N3O3. The largest absolute Gasteiger partial charge is 0.490 e. The Hall–Kier alpha value is -2.96. The summed E-state index contributed by atoms with van der Waals surface area (Å²) in [6.45, 7) is 6.71. The number of rotatable bonds is 13. The number of oxazole rings is 1. The summed E-state index contributed by atoms with van der Waals surface area (Å²) in [4.78, 5) is 8.90. The van der Waals surface area contributed by atoms with Gasteiger partial charge in [-0.25, -0.2) is 4.98 Å². The number of nitrogens with one attached hydrogen (secondary N) is 1. The highest BCUT2D eigenvalue weighted by molar-refractivity contribution is 5.60. The SMILES string of the molecule is CC(C)=CCOc1ccc(-c2cnc(-c3ccc(CNCCCCCCO)cn3)o2)cc1. The maximum atomic E-state index is 8.79. The van der Waals surface area contributed by atoms with Crippen molar-refractivity contribution >= 4 is 0 Å². The molecule has 1 aromatic carbocycles. The van der Waals surface area contributed by atoms with Crippen molar-refractivity contribution in [1.29, 1.82) is 0 Å². The zero-order valence-electron chi connectivity index (χ0n) is 19.0. The molecule has 0 saturated heterocycles. The number of benzene rings is 1. The second-order valence-corrected chi connectivity index (χ2v) is 8.01. The van der Waals surface area contributed by atoms with E-state index in [4.69, 9.17) is 14.3 Å². The molecule has 2 N–H and O–H groups in total. The van der Waals surface area contributed by atoms with E-state index in [-0.39, 0.29) is 6.61 Å². The van der Waals surface area contributed by atoms with Gasteiger partial charge in [-0.3, -0.25) is 4.98 Å². The highest BCUT2D eigenvalue weighted by Crippen LogP contribution is 2.26. The van der Waals surface area contributed by atoms with Crippen molar-refractivity contribution in [2.45, 2.75) is 46.1 Å². The van der Waals surface area contributed by atoms with Crippen LogP contribution in [0, 0.1) is 0 Å². The first-order valence-corrected chi connectivity index (χ1v) is 11.2. The fourth-order valence-corrected chi connectivity index (χ4v) is 3.15. The molecule has 0 unspecified atom stereocenters. The van der Waals surface area contributed by atoms with Crippen LogP contribution in [-0.4, -0.2) is 34.8 Å². The Kier molecular flexibility index (Phi) is 9.47. The van der Waals surface area contributed by atoms with Gasteiger partial charge in [0.15, 0.2) is 5.76 Å². The first kappa shape index (κ1) is 23.7. The van der Waals surface area contributed by atoms with E-state index in [1.54, 1.807) is 6.20 Å². The molecule has 2 heterocycles. The summed E-state index contributed by atoms with van der Waals surface area (Å²) in [5.41, 5.74) is 4.02. The molecule has 170 valence electrons. The maximum absolute atomic E-state index is 8.79. The van der Waals surface area contributed by atoms with Crippen molar-refractivity contribution in [1.82, 2.24) is 15.3 Å². The molecule has 6 heteroatoms. The van der Waals surface area contributed by atoms with Gasteiger partial charge in [-0.2, -0.15) is 0 Å². The van der Waals surface area contributed by atoms with Gasteiger partial charge in [-0.15, -0.1) is 0 Å². The molecule has 0 saturated carbocycles. The minimum atomic E-state index is 0.287. The van der Waals surface area contributed by atoms with Crippen molar-refractivity contribution in [3.63, 3.8) is 0 Å². The lowest BCUT2D eigenvalue weighted by molar-refractivity contribution is 0.282. The Morgan fingerprint density at radius 3 is 2.53 bits per heavy atom. The Morgan fingerprint density at radius 1 is 1.00 bits per heavy atom. The topological polar surface area (TPSA) is 80.4 Å². The summed E-state index contributed by atoms with van der Waals surface area (Å²) < 4.78 is 11.6. The Labute approximate surface area is 190 Å². The highest BCUT2D eigenvalue weighted by Gasteiger charge is 2.10. The Balaban J connectivity index is 1.50. The average Bonchev–Trinajstić information content (AvgIpc) is 3.29. The number of aromatic nitrogens is 2. The van der Waals surface area contributed by atoms with Crippen LogP contribution >= 0.6 is 0 Å². The molecule has 0 amide bonds. The van der Waals surface area contributed by atoms with Gasteiger partial charge >= 0.3 is 0 Å². The summed E-state index contributed by atoms with van der Waals surface area (Å²) in [5.74, 6) is 2.03. The quantitative estimate of drug-likeness (QED) is 0.277. The van der Waals surface area contributed by atoms with Crippen molar-refractivity contribution in [2.75, 3.05) is 19.8 Å². The van der Waals surface area contributed by atoms with Crippen molar-refractivity contribution < 1.29 is 14.3 Å². The molecule has 3 rings (SSSR count). The van der Waals surface area contributed by atoms with E-state index >= 15 is 0 Å². The summed E-state index contributed by atoms with van der Waals surface area (Å²) in [7, 11) is 0. The number of allylic oxidation sites excluding steroid dienone is 1. The first-order valence-electron chi connectivity index (χ1n) is 11.2. The monoisotopic (exact) mass is 435 g/mol. The molecule has 0 aliphatic rings. The molecule has 0 atom stereocenters. The van der Waals surface area contributed by atoms with Crippen LogP contribution in [0.4, 0.5) is 0 Å². The Bertz CT molecular complexity index is 959. The van der Waals surface area contributed by atoms with Gasteiger partial charge in [0, 0.05) is 24.9 Å². The molecule has 3 aromatic rings. The lowest BCUT2D eigenvalue weighted by atomic mass is 10.2. The first-order chi connectivity index (χ1) is 15.7. The highest BCUT2D eigenvalue weighted by atomic mass is 16.5. The van der Waals surface area contributed by atoms with Crippen molar-refractivity contribution in [2.24, 2.45) is 0 Å². The molecular weight excluding hydrogens is 402 g/mol. The second-order valence-electron chi connectivity index (χ2n) is 8.01. The third-order valence-corrected chi connectivity index (χ3v) is 5.02. The number of pyridine rings is 1. The normalized spacial score (nSPS) is 10.8. The standard InChI is InChI=1S/C26H33N3O3/c1-20(2)13-16-31-23-10-8-22(9-11-23)25-19-29-26(32-25)24-12-7-21(18-28-24)17-27-14-5-3-4-6-15-30/h7-13,18-19,27,30H,3-6,14-17H2,1-2H3. The smallest absolute Gasteiger partial charge is 0.245 e. The summed E-state index contributed by atoms with van der Waals surface area (Å²) in [5, 5.41) is 12.2. The molecule has 2 aromatic heterocycles. The van der Waals surface area contributed by atoms with Crippen LogP contribution in [0.3, 0.4) is 0 Å². The van der Waals surface area contributed by atoms with Gasteiger partial charge in [0.2, 0.25) is 5.89 Å². The Morgan fingerprint density at radius 2 is 1.81 bits per heavy atom. The van der Waals surface area contributed by atoms with Gasteiger partial charge in [-0.1, -0.05) is 24.5 Å². The zero-order chi connectivity index (χ0) is 22.6. The van der Waals surface area contributed by atoms with E-state index in [2.05, 4.69) is 29.1 Å². The van der Waals surface area contributed by atoms with Crippen LogP contribution in [0.1, 0.15) is 45.1 Å². The summed E-state index contributed by atoms with van der Waals surface area (Å²) in [6, 6.07) is 11.8. The molecule has 0 fully saturated rings. The fourth-order valence-electron chi connectivity index (χ4n) is 3.15. The van der Waals surface area contributed by atoms with Gasteiger partial charge in [0.1, 0.15) is 18.1 Å². The van der Waals surface area contributed by atoms with Crippen LogP contribution in [0.5, 0.6) is 5.75 Å². The molecule has 32 heavy (non-hydrogen) atoms. The van der Waals surface area contributed by atoms with E-state index in [9.17, 15) is 0 Å². The molecule has 0 radical (unpaired) electrons. The second kappa shape index (κ2) is 12.8. The van der Waals surface area contributed by atoms with Gasteiger partial charge in [-0.05, 0) is 75.2 Å². The minimum Gasteiger partial charge on any atom is -0.490 e. The van der Waals surface area contributed by atoms with E-state index in [0.29, 0.717) is 24.0 Å². The maximum Gasteiger partial charge on any atom is 0.245 e. The number of aliphatic hydroxyl groups excluding tert-OH is 1. The number of unbranched alkanes of at least 4 members (excludes halogenated alkanes) is 3. The number of hydrogen-bond donors (Lipinski definition) is 2. The number of ether oxygens (including phenoxy) is 1. The van der Waals surface area contributed by atoms with Crippen molar-refractivity contribution in [3.05, 3.63) is 66.0 Å². The van der Waals surface area contributed by atoms with Gasteiger partial charge in [0.05, 0.1) is 6.20 Å². The predicted molar refractivity (Wildman–Crippen MR) is 127 cm³/mol. The number of hydrogen-bond acceptors (Lipinski definition) is 6. The van der Waals surface area contributed by atoms with E-state index in [1.807, 2.05) is 48.7 Å². The van der Waals surface area contributed by atoms with Crippen LogP contribution < -0.4 is 10.1 Å². The summed E-state index contributed by atoms with van der Waals surface area (Å²) in [6.07, 6.45) is 9.87. The van der Waals surface area contributed by atoms with E-state index < -0.39 is 0 Å². The van der Waals surface area contributed by atoms with Crippen LogP contribution in [0.15, 0.2) is 64.9 Å². The minimum absolute atomic E-state index is 0.287. The van der Waals surface area contributed by atoms with Gasteiger partial charge in [0.25, 0.3) is 0 Å². The van der Waals surface area contributed by atoms with Crippen molar-refractivity contribution in [3.8, 4) is 28.7 Å². The number of aliphatic hydroxyl groups is 1. The average molecular weight is 436 g/mol. The third-order valence-electron chi connectivity index (χ3n) is 5.02. The molecule has 0 aliphatic heterocycles. The van der Waals surface area contributed by atoms with Crippen LogP contribution in [0.2, 0.25) is 0 Å². The van der Waals surface area contributed by atoms with E-state index in [1.165, 1.54) is 5.57 Å². The molecule has 6 nitrogen and oxygen atoms in total. The molecule has 0 bridgehead atoms.